The van der Waals surface area contributed by atoms with Crippen molar-refractivity contribution in [1.29, 1.82) is 0 Å². The summed E-state index contributed by atoms with van der Waals surface area (Å²) in [6.45, 7) is 12.3. The number of ether oxygens (including phenoxy) is 1. The Hall–Kier alpha value is -3.11. The standard InChI is InChI=1S/C28H34N2O2/c1-20(2)30(21(3)4)17-18-32-26-15-16-27(22(5)19-26)29-28(31)25-13-11-24(12-14-25)23-9-7-6-8-10-23/h6-16,19-21H,17-18H2,1-5H3,(H,29,31). The zero-order valence-electron chi connectivity index (χ0n) is 19.8. The molecular formula is C28H34N2O2. The summed E-state index contributed by atoms with van der Waals surface area (Å²) in [5.74, 6) is 0.700. The number of carbonyl (C=O) groups excluding carboxylic acids is 1. The van der Waals surface area contributed by atoms with Crippen molar-refractivity contribution < 1.29 is 9.53 Å². The van der Waals surface area contributed by atoms with Gasteiger partial charge in [-0.15, -0.1) is 0 Å². The van der Waals surface area contributed by atoms with Crippen LogP contribution in [0.3, 0.4) is 0 Å². The molecule has 4 heteroatoms. The maximum atomic E-state index is 12.7. The second-order valence-electron chi connectivity index (χ2n) is 8.65. The minimum Gasteiger partial charge on any atom is -0.492 e. The highest BCUT2D eigenvalue weighted by atomic mass is 16.5. The molecule has 0 saturated heterocycles. The number of hydrogen-bond acceptors (Lipinski definition) is 3. The topological polar surface area (TPSA) is 41.6 Å². The summed E-state index contributed by atoms with van der Waals surface area (Å²) in [4.78, 5) is 15.1. The molecule has 1 N–H and O–H groups in total. The molecule has 0 aliphatic heterocycles. The zero-order chi connectivity index (χ0) is 23.1. The average molecular weight is 431 g/mol. The first-order valence-corrected chi connectivity index (χ1v) is 11.3. The van der Waals surface area contributed by atoms with Gasteiger partial charge in [0.2, 0.25) is 0 Å². The predicted molar refractivity (Wildman–Crippen MR) is 133 cm³/mol. The number of amides is 1. The number of nitrogens with one attached hydrogen (secondary N) is 1. The van der Waals surface area contributed by atoms with E-state index in [1.54, 1.807) is 0 Å². The third-order valence-corrected chi connectivity index (χ3v) is 5.65. The van der Waals surface area contributed by atoms with Crippen LogP contribution in [0.4, 0.5) is 5.69 Å². The lowest BCUT2D eigenvalue weighted by atomic mass is 10.0. The number of benzene rings is 3. The molecule has 0 spiro atoms. The Bertz CT molecular complexity index is 1000. The van der Waals surface area contributed by atoms with Crippen molar-refractivity contribution in [2.24, 2.45) is 0 Å². The summed E-state index contributed by atoms with van der Waals surface area (Å²) in [5.41, 5.74) is 4.62. The third-order valence-electron chi connectivity index (χ3n) is 5.65. The Kier molecular flexibility index (Phi) is 8.07. The smallest absolute Gasteiger partial charge is 0.255 e. The lowest BCUT2D eigenvalue weighted by molar-refractivity contribution is 0.102. The van der Waals surface area contributed by atoms with Gasteiger partial charge in [-0.2, -0.15) is 0 Å². The SMILES string of the molecule is Cc1cc(OCCN(C(C)C)C(C)C)ccc1NC(=O)c1ccc(-c2ccccc2)cc1. The Morgan fingerprint density at radius 1 is 0.875 bits per heavy atom. The van der Waals surface area contributed by atoms with Gasteiger partial charge in [-0.3, -0.25) is 9.69 Å². The molecule has 3 aromatic rings. The molecule has 0 radical (unpaired) electrons. The van der Waals surface area contributed by atoms with Crippen molar-refractivity contribution in [3.63, 3.8) is 0 Å². The van der Waals surface area contributed by atoms with E-state index < -0.39 is 0 Å². The molecule has 0 aliphatic rings. The molecule has 1 amide bonds. The van der Waals surface area contributed by atoms with Gasteiger partial charge in [0.25, 0.3) is 5.91 Å². The lowest BCUT2D eigenvalue weighted by Crippen LogP contribution is -2.39. The lowest BCUT2D eigenvalue weighted by Gasteiger charge is -2.30. The Labute approximate surface area is 192 Å². The van der Waals surface area contributed by atoms with Crippen LogP contribution in [-0.4, -0.2) is 36.0 Å². The molecule has 32 heavy (non-hydrogen) atoms. The van der Waals surface area contributed by atoms with Crippen LogP contribution in [0.5, 0.6) is 5.75 Å². The molecule has 0 bridgehead atoms. The van der Waals surface area contributed by atoms with E-state index in [9.17, 15) is 4.79 Å². The molecule has 0 fully saturated rings. The minimum absolute atomic E-state index is 0.120. The monoisotopic (exact) mass is 430 g/mol. The molecule has 0 saturated carbocycles. The van der Waals surface area contributed by atoms with Crippen LogP contribution in [0.15, 0.2) is 72.8 Å². The van der Waals surface area contributed by atoms with Gasteiger partial charge in [0.05, 0.1) is 0 Å². The molecular weight excluding hydrogens is 396 g/mol. The molecule has 0 aromatic heterocycles. The van der Waals surface area contributed by atoms with Crippen LogP contribution in [0.2, 0.25) is 0 Å². The molecule has 0 unspecified atom stereocenters. The van der Waals surface area contributed by atoms with E-state index in [0.29, 0.717) is 24.3 Å². The van der Waals surface area contributed by atoms with Crippen LogP contribution in [0.1, 0.15) is 43.6 Å². The molecule has 168 valence electrons. The van der Waals surface area contributed by atoms with Crippen LogP contribution < -0.4 is 10.1 Å². The first-order valence-electron chi connectivity index (χ1n) is 11.3. The first kappa shape index (κ1) is 23.6. The number of anilines is 1. The van der Waals surface area contributed by atoms with E-state index in [1.807, 2.05) is 67.6 Å². The van der Waals surface area contributed by atoms with Gasteiger partial charge in [0, 0.05) is 29.9 Å². The molecule has 3 rings (SSSR count). The van der Waals surface area contributed by atoms with Crippen molar-refractivity contribution in [3.05, 3.63) is 83.9 Å². The Balaban J connectivity index is 1.59. The molecule has 0 aliphatic carbocycles. The molecule has 4 nitrogen and oxygen atoms in total. The van der Waals surface area contributed by atoms with Crippen LogP contribution in [0.25, 0.3) is 11.1 Å². The Morgan fingerprint density at radius 2 is 1.50 bits per heavy atom. The van der Waals surface area contributed by atoms with Crippen LogP contribution in [0, 0.1) is 6.92 Å². The van der Waals surface area contributed by atoms with E-state index >= 15 is 0 Å². The fraction of sp³-hybridized carbons (Fsp3) is 0.321. The largest absolute Gasteiger partial charge is 0.492 e. The molecule has 3 aromatic carbocycles. The van der Waals surface area contributed by atoms with E-state index in [2.05, 4.69) is 50.0 Å². The normalized spacial score (nSPS) is 11.2. The summed E-state index contributed by atoms with van der Waals surface area (Å²) in [7, 11) is 0. The van der Waals surface area contributed by atoms with Gasteiger partial charge in [-0.25, -0.2) is 0 Å². The van der Waals surface area contributed by atoms with Crippen LogP contribution in [-0.2, 0) is 0 Å². The number of aryl methyl sites for hydroxylation is 1. The van der Waals surface area contributed by atoms with E-state index in [0.717, 1.165) is 34.7 Å². The van der Waals surface area contributed by atoms with Gasteiger partial charge in [-0.05, 0) is 81.6 Å². The number of rotatable bonds is 9. The quantitative estimate of drug-likeness (QED) is 0.426. The van der Waals surface area contributed by atoms with E-state index in [4.69, 9.17) is 4.74 Å². The average Bonchev–Trinajstić information content (AvgIpc) is 2.78. The van der Waals surface area contributed by atoms with Gasteiger partial charge < -0.3 is 10.1 Å². The fourth-order valence-corrected chi connectivity index (χ4v) is 3.89. The van der Waals surface area contributed by atoms with Crippen LogP contribution >= 0.6 is 0 Å². The Morgan fingerprint density at radius 3 is 2.09 bits per heavy atom. The second kappa shape index (κ2) is 11.0. The van der Waals surface area contributed by atoms with Gasteiger partial charge in [0.15, 0.2) is 0 Å². The molecule has 0 heterocycles. The highest BCUT2D eigenvalue weighted by molar-refractivity contribution is 6.04. The van der Waals surface area contributed by atoms with Gasteiger partial charge in [-0.1, -0.05) is 42.5 Å². The van der Waals surface area contributed by atoms with E-state index in [1.165, 1.54) is 0 Å². The summed E-state index contributed by atoms with van der Waals surface area (Å²) in [5, 5.41) is 3.01. The summed E-state index contributed by atoms with van der Waals surface area (Å²) in [6, 6.07) is 24.6. The number of hydrogen-bond donors (Lipinski definition) is 1. The second-order valence-corrected chi connectivity index (χ2v) is 8.65. The van der Waals surface area contributed by atoms with Crippen molar-refractivity contribution in [2.45, 2.75) is 46.7 Å². The third kappa shape index (κ3) is 6.21. The predicted octanol–water partition coefficient (Wildman–Crippen LogP) is 6.41. The molecule has 0 atom stereocenters. The minimum atomic E-state index is -0.120. The highest BCUT2D eigenvalue weighted by Gasteiger charge is 2.13. The van der Waals surface area contributed by atoms with Crippen molar-refractivity contribution in [1.82, 2.24) is 4.90 Å². The highest BCUT2D eigenvalue weighted by Crippen LogP contribution is 2.23. The first-order chi connectivity index (χ1) is 15.3. The van der Waals surface area contributed by atoms with E-state index in [-0.39, 0.29) is 5.91 Å². The fourth-order valence-electron chi connectivity index (χ4n) is 3.89. The zero-order valence-corrected chi connectivity index (χ0v) is 19.8. The number of nitrogens with zero attached hydrogens (tertiary/aromatic N) is 1. The maximum absolute atomic E-state index is 12.7. The summed E-state index contributed by atoms with van der Waals surface area (Å²) < 4.78 is 5.96. The maximum Gasteiger partial charge on any atom is 0.255 e. The van der Waals surface area contributed by atoms with Gasteiger partial charge >= 0.3 is 0 Å². The summed E-state index contributed by atoms with van der Waals surface area (Å²) >= 11 is 0. The van der Waals surface area contributed by atoms with Crippen molar-refractivity contribution >= 4 is 11.6 Å². The van der Waals surface area contributed by atoms with Crippen molar-refractivity contribution in [2.75, 3.05) is 18.5 Å². The van der Waals surface area contributed by atoms with Crippen molar-refractivity contribution in [3.8, 4) is 16.9 Å². The number of carbonyl (C=O) groups is 1. The summed E-state index contributed by atoms with van der Waals surface area (Å²) in [6.07, 6.45) is 0. The van der Waals surface area contributed by atoms with Gasteiger partial charge in [0.1, 0.15) is 12.4 Å².